The number of aliphatic carboxylic acids is 1. The van der Waals surface area contributed by atoms with Gasteiger partial charge in [0.2, 0.25) is 0 Å². The number of ether oxygens (including phenoxy) is 1. The van der Waals surface area contributed by atoms with E-state index in [0.29, 0.717) is 19.4 Å². The molecular formula is C16H22O3. The largest absolute Gasteiger partial charge is 0.481 e. The lowest BCUT2D eigenvalue weighted by Crippen LogP contribution is -2.34. The van der Waals surface area contributed by atoms with Crippen molar-refractivity contribution in [2.24, 2.45) is 0 Å². The summed E-state index contributed by atoms with van der Waals surface area (Å²) in [5.74, 6) is -0.712. The number of hydrogen-bond donors (Lipinski definition) is 1. The topological polar surface area (TPSA) is 46.5 Å². The van der Waals surface area contributed by atoms with Crippen LogP contribution in [-0.4, -0.2) is 24.3 Å². The number of rotatable bonds is 7. The second-order valence-electron chi connectivity index (χ2n) is 5.26. The first-order chi connectivity index (χ1) is 9.20. The van der Waals surface area contributed by atoms with Gasteiger partial charge in [-0.2, -0.15) is 0 Å². The van der Waals surface area contributed by atoms with E-state index in [0.717, 1.165) is 31.4 Å². The summed E-state index contributed by atoms with van der Waals surface area (Å²) in [6.45, 7) is 3.38. The van der Waals surface area contributed by atoms with E-state index in [1.807, 2.05) is 24.3 Å². The van der Waals surface area contributed by atoms with Gasteiger partial charge in [0.1, 0.15) is 0 Å². The molecule has 19 heavy (non-hydrogen) atoms. The van der Waals surface area contributed by atoms with E-state index in [-0.39, 0.29) is 0 Å². The second kappa shape index (κ2) is 6.20. The van der Waals surface area contributed by atoms with Crippen LogP contribution in [-0.2, 0) is 21.4 Å². The van der Waals surface area contributed by atoms with Crippen molar-refractivity contribution in [1.29, 1.82) is 0 Å². The van der Waals surface area contributed by atoms with Crippen LogP contribution in [0.3, 0.4) is 0 Å². The van der Waals surface area contributed by atoms with Gasteiger partial charge < -0.3 is 9.84 Å². The molecule has 2 rings (SSSR count). The number of carboxylic acid groups (broad SMARTS) is 1. The van der Waals surface area contributed by atoms with Crippen LogP contribution in [0, 0.1) is 0 Å². The number of unbranched alkanes of at least 4 members (excludes halogenated alkanes) is 1. The van der Waals surface area contributed by atoms with Crippen LogP contribution in [0.5, 0.6) is 0 Å². The fourth-order valence-electron chi connectivity index (χ4n) is 2.87. The highest BCUT2D eigenvalue weighted by Crippen LogP contribution is 2.41. The van der Waals surface area contributed by atoms with E-state index in [4.69, 9.17) is 4.74 Å². The van der Waals surface area contributed by atoms with E-state index in [2.05, 4.69) is 6.92 Å². The molecule has 0 saturated carbocycles. The van der Waals surface area contributed by atoms with Crippen molar-refractivity contribution in [2.75, 3.05) is 13.2 Å². The van der Waals surface area contributed by atoms with Crippen molar-refractivity contribution in [3.63, 3.8) is 0 Å². The maximum Gasteiger partial charge on any atom is 0.314 e. The molecule has 0 amide bonds. The van der Waals surface area contributed by atoms with Crippen LogP contribution in [0.15, 0.2) is 24.3 Å². The summed E-state index contributed by atoms with van der Waals surface area (Å²) in [4.78, 5) is 11.8. The summed E-state index contributed by atoms with van der Waals surface area (Å²) in [5, 5.41) is 9.66. The van der Waals surface area contributed by atoms with Crippen molar-refractivity contribution in [3.8, 4) is 0 Å². The molecule has 0 aliphatic heterocycles. The van der Waals surface area contributed by atoms with Crippen LogP contribution >= 0.6 is 0 Å². The van der Waals surface area contributed by atoms with Gasteiger partial charge in [0.05, 0.1) is 5.41 Å². The standard InChI is InChI=1S/C16H22O3/c1-2-3-11-19-12-10-16(15(17)18)9-8-13-6-4-5-7-14(13)16/h4-7H,2-3,8-12H2,1H3,(H,17,18). The predicted molar refractivity (Wildman–Crippen MR) is 74.4 cm³/mol. The van der Waals surface area contributed by atoms with Gasteiger partial charge in [0.15, 0.2) is 0 Å². The van der Waals surface area contributed by atoms with Gasteiger partial charge in [0, 0.05) is 13.2 Å². The van der Waals surface area contributed by atoms with Crippen LogP contribution < -0.4 is 0 Å². The van der Waals surface area contributed by atoms with Gasteiger partial charge in [0.25, 0.3) is 0 Å². The molecule has 0 fully saturated rings. The first-order valence-corrected chi connectivity index (χ1v) is 7.10. The average Bonchev–Trinajstić information content (AvgIpc) is 2.79. The second-order valence-corrected chi connectivity index (χ2v) is 5.26. The third-order valence-corrected chi connectivity index (χ3v) is 4.08. The molecule has 0 spiro atoms. The molecule has 0 saturated heterocycles. The molecule has 3 heteroatoms. The highest BCUT2D eigenvalue weighted by atomic mass is 16.5. The lowest BCUT2D eigenvalue weighted by atomic mass is 9.79. The quantitative estimate of drug-likeness (QED) is 0.768. The van der Waals surface area contributed by atoms with Gasteiger partial charge in [-0.25, -0.2) is 0 Å². The first kappa shape index (κ1) is 14.1. The molecule has 0 bridgehead atoms. The van der Waals surface area contributed by atoms with E-state index in [9.17, 15) is 9.90 Å². The van der Waals surface area contributed by atoms with E-state index in [1.54, 1.807) is 0 Å². The van der Waals surface area contributed by atoms with Crippen LogP contribution in [0.4, 0.5) is 0 Å². The summed E-state index contributed by atoms with van der Waals surface area (Å²) >= 11 is 0. The summed E-state index contributed by atoms with van der Waals surface area (Å²) < 4.78 is 5.56. The number of hydrogen-bond acceptors (Lipinski definition) is 2. The van der Waals surface area contributed by atoms with E-state index < -0.39 is 11.4 Å². The Morgan fingerprint density at radius 1 is 1.37 bits per heavy atom. The third kappa shape index (κ3) is 2.81. The maximum absolute atomic E-state index is 11.8. The highest BCUT2D eigenvalue weighted by molar-refractivity contribution is 5.83. The Labute approximate surface area is 114 Å². The van der Waals surface area contributed by atoms with Gasteiger partial charge in [-0.15, -0.1) is 0 Å². The normalized spacial score (nSPS) is 21.3. The zero-order valence-electron chi connectivity index (χ0n) is 11.5. The minimum atomic E-state index is -0.733. The van der Waals surface area contributed by atoms with Gasteiger partial charge in [-0.05, 0) is 36.8 Å². The molecule has 3 nitrogen and oxygen atoms in total. The Kier molecular flexibility index (Phi) is 4.59. The number of benzene rings is 1. The van der Waals surface area contributed by atoms with Crippen molar-refractivity contribution in [3.05, 3.63) is 35.4 Å². The number of carboxylic acids is 1. The molecule has 1 aliphatic rings. The fourth-order valence-corrected chi connectivity index (χ4v) is 2.87. The maximum atomic E-state index is 11.8. The number of aryl methyl sites for hydroxylation is 1. The van der Waals surface area contributed by atoms with Crippen LogP contribution in [0.1, 0.15) is 43.7 Å². The highest BCUT2D eigenvalue weighted by Gasteiger charge is 2.44. The predicted octanol–water partition coefficient (Wildman–Crippen LogP) is 3.16. The smallest absolute Gasteiger partial charge is 0.314 e. The molecule has 0 radical (unpaired) electrons. The van der Waals surface area contributed by atoms with Gasteiger partial charge in [-0.1, -0.05) is 37.6 Å². The Morgan fingerprint density at radius 2 is 2.16 bits per heavy atom. The Hall–Kier alpha value is -1.35. The number of carbonyl (C=O) groups is 1. The van der Waals surface area contributed by atoms with Crippen molar-refractivity contribution < 1.29 is 14.6 Å². The molecule has 0 aromatic heterocycles. The molecule has 0 heterocycles. The summed E-state index contributed by atoms with van der Waals surface area (Å²) in [5.41, 5.74) is 1.43. The van der Waals surface area contributed by atoms with E-state index in [1.165, 1.54) is 5.56 Å². The lowest BCUT2D eigenvalue weighted by molar-refractivity contribution is -0.144. The average molecular weight is 262 g/mol. The molecule has 1 aliphatic carbocycles. The summed E-state index contributed by atoms with van der Waals surface area (Å²) in [6.07, 6.45) is 4.27. The zero-order chi connectivity index (χ0) is 13.7. The van der Waals surface area contributed by atoms with Crippen molar-refractivity contribution in [2.45, 2.75) is 44.4 Å². The lowest BCUT2D eigenvalue weighted by Gasteiger charge is -2.25. The molecular weight excluding hydrogens is 240 g/mol. The number of fused-ring (bicyclic) bond motifs is 1. The first-order valence-electron chi connectivity index (χ1n) is 7.10. The molecule has 1 N–H and O–H groups in total. The zero-order valence-corrected chi connectivity index (χ0v) is 11.5. The molecule has 1 atom stereocenters. The minimum absolute atomic E-state index is 0.528. The van der Waals surface area contributed by atoms with Crippen LogP contribution in [0.2, 0.25) is 0 Å². The molecule has 1 unspecified atom stereocenters. The third-order valence-electron chi connectivity index (χ3n) is 4.08. The Bertz CT molecular complexity index is 441. The monoisotopic (exact) mass is 262 g/mol. The van der Waals surface area contributed by atoms with Crippen molar-refractivity contribution in [1.82, 2.24) is 0 Å². The molecule has 104 valence electrons. The summed E-state index contributed by atoms with van der Waals surface area (Å²) in [7, 11) is 0. The van der Waals surface area contributed by atoms with Gasteiger partial charge in [-0.3, -0.25) is 4.79 Å². The Morgan fingerprint density at radius 3 is 2.89 bits per heavy atom. The van der Waals surface area contributed by atoms with Crippen LogP contribution in [0.25, 0.3) is 0 Å². The fraction of sp³-hybridized carbons (Fsp3) is 0.562. The SMILES string of the molecule is CCCCOCCC1(C(=O)O)CCc2ccccc21. The molecule has 1 aromatic carbocycles. The molecule has 1 aromatic rings. The summed E-state index contributed by atoms with van der Waals surface area (Å²) in [6, 6.07) is 7.91. The van der Waals surface area contributed by atoms with Crippen molar-refractivity contribution >= 4 is 5.97 Å². The van der Waals surface area contributed by atoms with Gasteiger partial charge >= 0.3 is 5.97 Å². The van der Waals surface area contributed by atoms with E-state index >= 15 is 0 Å². The Balaban J connectivity index is 2.06. The minimum Gasteiger partial charge on any atom is -0.481 e.